The maximum Gasteiger partial charge on any atom is 0.420 e. The molecule has 0 atom stereocenters. The molecule has 2 amide bonds. The van der Waals surface area contributed by atoms with E-state index in [1.165, 1.54) is 18.3 Å². The van der Waals surface area contributed by atoms with E-state index < -0.39 is 23.4 Å². The van der Waals surface area contributed by atoms with Crippen LogP contribution in [0.5, 0.6) is 5.75 Å². The zero-order chi connectivity index (χ0) is 25.9. The second kappa shape index (κ2) is 10.0. The molecule has 8 nitrogen and oxygen atoms in total. The van der Waals surface area contributed by atoms with Crippen LogP contribution in [0.3, 0.4) is 0 Å². The number of nitrogens with one attached hydrogen (secondary N) is 2. The molecule has 1 aromatic heterocycles. The molecule has 36 heavy (non-hydrogen) atoms. The standard InChI is InChI=1S/C25H24F3N3O5/c1-3-35-21-10-15(4-7-19(21)32)16-5-9-22(29-12-16)31-23(33)30-17-6-8-20(18(11-17)25(26,27)28)36-24(2)13-34-14-24/h4-6,8-12H,3,7,13-14H2,1-2H3,(H2,29,30,31,33). The topological polar surface area (TPSA) is 98.8 Å². The van der Waals surface area contributed by atoms with Crippen LogP contribution in [0, 0.1) is 0 Å². The largest absolute Gasteiger partial charge is 0.490 e. The number of pyridine rings is 1. The van der Waals surface area contributed by atoms with Gasteiger partial charge in [0.25, 0.3) is 0 Å². The van der Waals surface area contributed by atoms with E-state index in [0.717, 1.165) is 11.6 Å². The van der Waals surface area contributed by atoms with Crippen LogP contribution < -0.4 is 15.4 Å². The summed E-state index contributed by atoms with van der Waals surface area (Å²) in [6.07, 6.45) is 0.425. The van der Waals surface area contributed by atoms with Crippen LogP contribution in [-0.4, -0.2) is 42.2 Å². The van der Waals surface area contributed by atoms with Crippen molar-refractivity contribution in [1.29, 1.82) is 0 Å². The van der Waals surface area contributed by atoms with Gasteiger partial charge in [-0.05, 0) is 61.4 Å². The Morgan fingerprint density at radius 2 is 1.97 bits per heavy atom. The molecule has 1 aliphatic heterocycles. The van der Waals surface area contributed by atoms with Crippen molar-refractivity contribution in [3.63, 3.8) is 0 Å². The lowest BCUT2D eigenvalue weighted by molar-refractivity contribution is -0.160. The Labute approximate surface area is 205 Å². The van der Waals surface area contributed by atoms with E-state index in [4.69, 9.17) is 14.2 Å². The van der Waals surface area contributed by atoms with Gasteiger partial charge in [-0.15, -0.1) is 0 Å². The highest BCUT2D eigenvalue weighted by atomic mass is 19.4. The molecule has 11 heteroatoms. The minimum atomic E-state index is -4.68. The number of carbonyl (C=O) groups excluding carboxylic acids is 2. The molecule has 1 fully saturated rings. The fourth-order valence-corrected chi connectivity index (χ4v) is 3.61. The highest BCUT2D eigenvalue weighted by Gasteiger charge is 2.40. The minimum absolute atomic E-state index is 0.0653. The first-order valence-electron chi connectivity index (χ1n) is 11.2. The van der Waals surface area contributed by atoms with Crippen LogP contribution in [0.2, 0.25) is 0 Å². The van der Waals surface area contributed by atoms with Gasteiger partial charge in [-0.1, -0.05) is 6.08 Å². The number of amides is 2. The van der Waals surface area contributed by atoms with Gasteiger partial charge < -0.3 is 19.5 Å². The molecule has 1 saturated heterocycles. The number of halogens is 3. The van der Waals surface area contributed by atoms with Crippen LogP contribution >= 0.6 is 0 Å². The third kappa shape index (κ3) is 5.85. The third-order valence-corrected chi connectivity index (χ3v) is 5.42. The Bertz CT molecular complexity index is 1220. The van der Waals surface area contributed by atoms with Crippen molar-refractivity contribution in [2.45, 2.75) is 32.0 Å². The van der Waals surface area contributed by atoms with Crippen molar-refractivity contribution >= 4 is 28.9 Å². The van der Waals surface area contributed by atoms with Crippen LogP contribution in [0.25, 0.3) is 5.57 Å². The number of Topliss-reactive ketones (excluding diaryl/α,β-unsaturated/α-hetero) is 1. The van der Waals surface area contributed by atoms with Gasteiger partial charge in [-0.25, -0.2) is 9.78 Å². The maximum absolute atomic E-state index is 13.6. The normalized spacial score (nSPS) is 16.9. The average molecular weight is 503 g/mol. The molecule has 1 aromatic carbocycles. The number of urea groups is 1. The summed E-state index contributed by atoms with van der Waals surface area (Å²) in [6, 6.07) is 5.78. The lowest BCUT2D eigenvalue weighted by Gasteiger charge is -2.38. The highest BCUT2D eigenvalue weighted by Crippen LogP contribution is 2.40. The molecule has 0 spiro atoms. The second-order valence-corrected chi connectivity index (χ2v) is 8.49. The number of rotatable bonds is 7. The predicted octanol–water partition coefficient (Wildman–Crippen LogP) is 5.19. The number of anilines is 2. The Balaban J connectivity index is 1.42. The van der Waals surface area contributed by atoms with Gasteiger partial charge in [0.1, 0.15) is 11.6 Å². The van der Waals surface area contributed by atoms with Gasteiger partial charge >= 0.3 is 12.2 Å². The summed E-state index contributed by atoms with van der Waals surface area (Å²) in [7, 11) is 0. The molecule has 2 heterocycles. The van der Waals surface area contributed by atoms with Crippen molar-refractivity contribution < 1.29 is 37.0 Å². The zero-order valence-corrected chi connectivity index (χ0v) is 19.6. The number of carbonyl (C=O) groups is 2. The van der Waals surface area contributed by atoms with Crippen LogP contribution in [-0.2, 0) is 20.4 Å². The van der Waals surface area contributed by atoms with E-state index in [0.29, 0.717) is 12.2 Å². The fraction of sp³-hybridized carbons (Fsp3) is 0.320. The van der Waals surface area contributed by atoms with E-state index in [1.807, 2.05) is 0 Å². The van der Waals surface area contributed by atoms with Gasteiger partial charge in [0.2, 0.25) is 5.78 Å². The molecule has 190 valence electrons. The van der Waals surface area contributed by atoms with Crippen molar-refractivity contribution in [1.82, 2.24) is 4.98 Å². The van der Waals surface area contributed by atoms with Crippen molar-refractivity contribution in [3.05, 3.63) is 65.6 Å². The molecular formula is C25H24F3N3O5. The Morgan fingerprint density at radius 3 is 2.58 bits per heavy atom. The molecule has 2 N–H and O–H groups in total. The van der Waals surface area contributed by atoms with E-state index in [-0.39, 0.29) is 48.4 Å². The van der Waals surface area contributed by atoms with Crippen molar-refractivity contribution in [2.24, 2.45) is 0 Å². The maximum atomic E-state index is 13.6. The van der Waals surface area contributed by atoms with Crippen molar-refractivity contribution in [3.8, 4) is 5.75 Å². The lowest BCUT2D eigenvalue weighted by atomic mass is 9.99. The van der Waals surface area contributed by atoms with E-state index in [9.17, 15) is 22.8 Å². The van der Waals surface area contributed by atoms with E-state index >= 15 is 0 Å². The van der Waals surface area contributed by atoms with Crippen molar-refractivity contribution in [2.75, 3.05) is 30.5 Å². The van der Waals surface area contributed by atoms with Gasteiger partial charge in [-0.2, -0.15) is 13.2 Å². The van der Waals surface area contributed by atoms with E-state index in [2.05, 4.69) is 15.6 Å². The lowest BCUT2D eigenvalue weighted by Crippen LogP contribution is -2.51. The van der Waals surface area contributed by atoms with Gasteiger partial charge in [-0.3, -0.25) is 10.1 Å². The zero-order valence-electron chi connectivity index (χ0n) is 19.6. The average Bonchev–Trinajstić information content (AvgIpc) is 2.80. The predicted molar refractivity (Wildman–Crippen MR) is 125 cm³/mol. The number of aromatic nitrogens is 1. The number of allylic oxidation sites excluding steroid dienone is 4. The molecule has 1 aliphatic carbocycles. The van der Waals surface area contributed by atoms with Gasteiger partial charge in [0.15, 0.2) is 11.4 Å². The molecule has 0 bridgehead atoms. The number of hydrogen-bond donors (Lipinski definition) is 2. The summed E-state index contributed by atoms with van der Waals surface area (Å²) < 4.78 is 56.7. The van der Waals surface area contributed by atoms with Gasteiger partial charge in [0.05, 0.1) is 25.4 Å². The Hall–Kier alpha value is -3.86. The summed E-state index contributed by atoms with van der Waals surface area (Å²) in [5.41, 5.74) is -0.431. The molecule has 0 unspecified atom stereocenters. The minimum Gasteiger partial charge on any atom is -0.490 e. The highest BCUT2D eigenvalue weighted by molar-refractivity contribution is 6.01. The summed E-state index contributed by atoms with van der Waals surface area (Å²) in [6.45, 7) is 4.20. The number of nitrogens with zero attached hydrogens (tertiary/aromatic N) is 1. The molecule has 2 aliphatic rings. The third-order valence-electron chi connectivity index (χ3n) is 5.42. The molecule has 0 saturated carbocycles. The SMILES string of the molecule is CCOC1=CC(c2ccc(NC(=O)Nc3ccc(OC4(C)COC4)c(C(F)(F)F)c3)nc2)=CCC1=O. The first-order chi connectivity index (χ1) is 17.1. The summed E-state index contributed by atoms with van der Waals surface area (Å²) in [4.78, 5) is 28.4. The summed E-state index contributed by atoms with van der Waals surface area (Å²) in [5.74, 6) is 0.0211. The van der Waals surface area contributed by atoms with Crippen LogP contribution in [0.1, 0.15) is 31.4 Å². The molecular weight excluding hydrogens is 479 g/mol. The number of ketones is 1. The molecule has 2 aromatic rings. The van der Waals surface area contributed by atoms with Crippen LogP contribution in [0.4, 0.5) is 29.5 Å². The number of alkyl halides is 3. The van der Waals surface area contributed by atoms with Crippen LogP contribution in [0.15, 0.2) is 54.4 Å². The quantitative estimate of drug-likeness (QED) is 0.540. The molecule has 4 rings (SSSR count). The first kappa shape index (κ1) is 25.2. The smallest absolute Gasteiger partial charge is 0.420 e. The first-order valence-corrected chi connectivity index (χ1v) is 11.2. The Morgan fingerprint density at radius 1 is 1.19 bits per heavy atom. The Kier molecular flexibility index (Phi) is 7.02. The molecule has 0 radical (unpaired) electrons. The van der Waals surface area contributed by atoms with E-state index in [1.54, 1.807) is 38.1 Å². The van der Waals surface area contributed by atoms with Gasteiger partial charge in [0, 0.05) is 18.3 Å². The number of hydrogen-bond acceptors (Lipinski definition) is 6. The number of benzene rings is 1. The summed E-state index contributed by atoms with van der Waals surface area (Å²) >= 11 is 0. The second-order valence-electron chi connectivity index (χ2n) is 8.49. The summed E-state index contributed by atoms with van der Waals surface area (Å²) in [5, 5.41) is 4.86. The number of ether oxygens (including phenoxy) is 3. The monoisotopic (exact) mass is 503 g/mol. The fourth-order valence-electron chi connectivity index (χ4n) is 3.61.